The molecule has 0 aliphatic carbocycles. The molecule has 0 spiro atoms. The number of H-pyrrole nitrogens is 1. The largest absolute Gasteiger partial charge is 0.481 e. The molecule has 7 heteroatoms. The second-order valence-electron chi connectivity index (χ2n) is 4.43. The van der Waals surface area contributed by atoms with E-state index in [0.717, 1.165) is 5.52 Å². The van der Waals surface area contributed by atoms with Gasteiger partial charge in [0.15, 0.2) is 10.4 Å². The SMILES string of the molecule is COc1ccc2[nH]c(=S)n(C(C)C(=O)N(C)C)c2n1. The van der Waals surface area contributed by atoms with Crippen LogP contribution in [0.3, 0.4) is 0 Å². The topological polar surface area (TPSA) is 63.1 Å². The van der Waals surface area contributed by atoms with E-state index in [0.29, 0.717) is 16.3 Å². The summed E-state index contributed by atoms with van der Waals surface area (Å²) >= 11 is 5.27. The van der Waals surface area contributed by atoms with Gasteiger partial charge in [0.05, 0.1) is 12.6 Å². The van der Waals surface area contributed by atoms with E-state index in [-0.39, 0.29) is 5.91 Å². The van der Waals surface area contributed by atoms with E-state index in [1.165, 1.54) is 4.90 Å². The molecule has 0 bridgehead atoms. The van der Waals surface area contributed by atoms with Crippen molar-refractivity contribution in [2.24, 2.45) is 0 Å². The van der Waals surface area contributed by atoms with Crippen LogP contribution in [0.15, 0.2) is 12.1 Å². The molecule has 1 N–H and O–H groups in total. The minimum Gasteiger partial charge on any atom is -0.481 e. The van der Waals surface area contributed by atoms with Gasteiger partial charge in [-0.3, -0.25) is 9.36 Å². The van der Waals surface area contributed by atoms with Crippen LogP contribution in [-0.4, -0.2) is 46.5 Å². The zero-order chi connectivity index (χ0) is 14.2. The molecule has 1 amide bonds. The summed E-state index contributed by atoms with van der Waals surface area (Å²) < 4.78 is 7.28. The molecule has 0 fully saturated rings. The molecule has 0 aliphatic rings. The highest BCUT2D eigenvalue weighted by atomic mass is 32.1. The quantitative estimate of drug-likeness (QED) is 0.870. The predicted octanol–water partition coefficient (Wildman–Crippen LogP) is 1.75. The summed E-state index contributed by atoms with van der Waals surface area (Å²) in [6, 6.07) is 3.16. The maximum atomic E-state index is 12.1. The number of carbonyl (C=O) groups excluding carboxylic acids is 1. The Morgan fingerprint density at radius 2 is 2.21 bits per heavy atom. The van der Waals surface area contributed by atoms with Crippen LogP contribution in [0, 0.1) is 4.77 Å². The lowest BCUT2D eigenvalue weighted by Crippen LogP contribution is -2.30. The first kappa shape index (κ1) is 13.5. The van der Waals surface area contributed by atoms with Crippen molar-refractivity contribution in [3.8, 4) is 5.88 Å². The number of rotatable bonds is 3. The van der Waals surface area contributed by atoms with E-state index < -0.39 is 6.04 Å². The van der Waals surface area contributed by atoms with Gasteiger partial charge in [0.1, 0.15) is 6.04 Å². The van der Waals surface area contributed by atoms with Crippen molar-refractivity contribution in [3.05, 3.63) is 16.9 Å². The molecule has 102 valence electrons. The molecule has 0 saturated carbocycles. The summed E-state index contributed by atoms with van der Waals surface area (Å²) in [4.78, 5) is 21.0. The van der Waals surface area contributed by atoms with Crippen LogP contribution >= 0.6 is 12.2 Å². The highest BCUT2D eigenvalue weighted by molar-refractivity contribution is 7.71. The molecule has 2 aromatic rings. The van der Waals surface area contributed by atoms with Gasteiger partial charge in [0.25, 0.3) is 0 Å². The van der Waals surface area contributed by atoms with Gasteiger partial charge in [-0.1, -0.05) is 0 Å². The second kappa shape index (κ2) is 5.00. The lowest BCUT2D eigenvalue weighted by atomic mass is 10.3. The number of hydrogen-bond donors (Lipinski definition) is 1. The van der Waals surface area contributed by atoms with Gasteiger partial charge in [-0.2, -0.15) is 4.98 Å². The number of nitrogens with zero attached hydrogens (tertiary/aromatic N) is 3. The minimum absolute atomic E-state index is 0.0402. The Labute approximate surface area is 116 Å². The first-order valence-electron chi connectivity index (χ1n) is 5.82. The molecule has 2 rings (SSSR count). The molecule has 0 aromatic carbocycles. The van der Waals surface area contributed by atoms with Gasteiger partial charge in [-0.15, -0.1) is 0 Å². The van der Waals surface area contributed by atoms with E-state index in [4.69, 9.17) is 17.0 Å². The molecular weight excluding hydrogens is 264 g/mol. The maximum Gasteiger partial charge on any atom is 0.244 e. The number of imidazole rings is 1. The molecule has 19 heavy (non-hydrogen) atoms. The Morgan fingerprint density at radius 3 is 2.79 bits per heavy atom. The Morgan fingerprint density at radius 1 is 1.53 bits per heavy atom. The molecule has 2 aromatic heterocycles. The summed E-state index contributed by atoms with van der Waals surface area (Å²) in [7, 11) is 4.98. The van der Waals surface area contributed by atoms with E-state index in [1.807, 2.05) is 6.07 Å². The van der Waals surface area contributed by atoms with Crippen LogP contribution in [0.4, 0.5) is 0 Å². The van der Waals surface area contributed by atoms with Gasteiger partial charge < -0.3 is 14.6 Å². The van der Waals surface area contributed by atoms with Crippen LogP contribution in [-0.2, 0) is 4.79 Å². The molecule has 0 saturated heterocycles. The fourth-order valence-electron chi connectivity index (χ4n) is 1.94. The third kappa shape index (κ3) is 2.33. The fraction of sp³-hybridized carbons (Fsp3) is 0.417. The molecular formula is C12H16N4O2S. The standard InChI is InChI=1S/C12H16N4O2S/c1-7(11(17)15(2)3)16-10-8(13-12(16)19)5-6-9(14-10)18-4/h5-7H,1-4H3,(H,13,19). The monoisotopic (exact) mass is 280 g/mol. The van der Waals surface area contributed by atoms with Gasteiger partial charge >= 0.3 is 0 Å². The smallest absolute Gasteiger partial charge is 0.244 e. The Hall–Kier alpha value is -1.89. The van der Waals surface area contributed by atoms with E-state index in [1.54, 1.807) is 38.8 Å². The van der Waals surface area contributed by atoms with Gasteiger partial charge in [-0.25, -0.2) is 0 Å². The van der Waals surface area contributed by atoms with Crippen molar-refractivity contribution in [1.82, 2.24) is 19.4 Å². The third-order valence-corrected chi connectivity index (χ3v) is 3.23. The molecule has 1 unspecified atom stereocenters. The third-order valence-electron chi connectivity index (χ3n) is 2.93. The summed E-state index contributed by atoms with van der Waals surface area (Å²) in [6.45, 7) is 1.80. The Bertz CT molecular complexity index is 674. The maximum absolute atomic E-state index is 12.1. The number of likely N-dealkylation sites (N-methyl/N-ethyl adjacent to an activating group) is 1. The van der Waals surface area contributed by atoms with Crippen LogP contribution < -0.4 is 4.74 Å². The van der Waals surface area contributed by atoms with Crippen molar-refractivity contribution in [3.63, 3.8) is 0 Å². The van der Waals surface area contributed by atoms with Crippen molar-refractivity contribution < 1.29 is 9.53 Å². The van der Waals surface area contributed by atoms with Gasteiger partial charge in [-0.05, 0) is 25.2 Å². The molecule has 6 nitrogen and oxygen atoms in total. The number of aromatic amines is 1. The van der Waals surface area contributed by atoms with Crippen LogP contribution in [0.1, 0.15) is 13.0 Å². The highest BCUT2D eigenvalue weighted by Gasteiger charge is 2.21. The number of hydrogen-bond acceptors (Lipinski definition) is 4. The Kier molecular flexibility index (Phi) is 3.57. The summed E-state index contributed by atoms with van der Waals surface area (Å²) in [5.41, 5.74) is 1.40. The van der Waals surface area contributed by atoms with Crippen LogP contribution in [0.5, 0.6) is 5.88 Å². The van der Waals surface area contributed by atoms with Crippen LogP contribution in [0.25, 0.3) is 11.2 Å². The number of ether oxygens (including phenoxy) is 1. The first-order chi connectivity index (χ1) is 8.95. The number of carbonyl (C=O) groups is 1. The van der Waals surface area contributed by atoms with E-state index in [9.17, 15) is 4.79 Å². The number of aromatic nitrogens is 3. The number of amides is 1. The summed E-state index contributed by atoms with van der Waals surface area (Å²) in [5, 5.41) is 0. The zero-order valence-corrected chi connectivity index (χ0v) is 12.1. The lowest BCUT2D eigenvalue weighted by Gasteiger charge is -2.18. The minimum atomic E-state index is -0.421. The second-order valence-corrected chi connectivity index (χ2v) is 4.82. The van der Waals surface area contributed by atoms with Crippen molar-refractivity contribution in [1.29, 1.82) is 0 Å². The number of nitrogens with one attached hydrogen (secondary N) is 1. The molecule has 0 aliphatic heterocycles. The number of pyridine rings is 1. The lowest BCUT2D eigenvalue weighted by molar-refractivity contribution is -0.131. The van der Waals surface area contributed by atoms with Crippen molar-refractivity contribution in [2.75, 3.05) is 21.2 Å². The number of fused-ring (bicyclic) bond motifs is 1. The van der Waals surface area contributed by atoms with Crippen molar-refractivity contribution >= 4 is 29.3 Å². The van der Waals surface area contributed by atoms with Crippen molar-refractivity contribution in [2.45, 2.75) is 13.0 Å². The fourth-order valence-corrected chi connectivity index (χ4v) is 2.30. The van der Waals surface area contributed by atoms with E-state index >= 15 is 0 Å². The molecule has 0 radical (unpaired) electrons. The Balaban J connectivity index is 2.62. The predicted molar refractivity (Wildman–Crippen MR) is 74.9 cm³/mol. The number of methoxy groups -OCH3 is 1. The van der Waals surface area contributed by atoms with E-state index in [2.05, 4.69) is 9.97 Å². The van der Waals surface area contributed by atoms with Gasteiger partial charge in [0, 0.05) is 20.2 Å². The average molecular weight is 280 g/mol. The molecule has 1 atom stereocenters. The average Bonchev–Trinajstić information content (AvgIpc) is 2.71. The summed E-state index contributed by atoms with van der Waals surface area (Å²) in [6.07, 6.45) is 0. The van der Waals surface area contributed by atoms with Gasteiger partial charge in [0.2, 0.25) is 11.8 Å². The zero-order valence-electron chi connectivity index (χ0n) is 11.3. The highest BCUT2D eigenvalue weighted by Crippen LogP contribution is 2.21. The summed E-state index contributed by atoms with van der Waals surface area (Å²) in [5.74, 6) is 0.446. The normalized spacial score (nSPS) is 12.4. The van der Waals surface area contributed by atoms with Crippen LogP contribution in [0.2, 0.25) is 0 Å². The first-order valence-corrected chi connectivity index (χ1v) is 6.23. The molecule has 2 heterocycles.